The summed E-state index contributed by atoms with van der Waals surface area (Å²) >= 11 is 1.64. The van der Waals surface area contributed by atoms with Crippen molar-refractivity contribution >= 4 is 23.4 Å². The fraction of sp³-hybridized carbons (Fsp3) is 0.294. The number of nitrogens with one attached hydrogen (secondary N) is 1. The van der Waals surface area contributed by atoms with Gasteiger partial charge in [-0.2, -0.15) is 24.9 Å². The monoisotopic (exact) mass is 370 g/mol. The quantitative estimate of drug-likeness (QED) is 0.839. The summed E-state index contributed by atoms with van der Waals surface area (Å²) in [4.78, 5) is 24.6. The number of carbonyl (C=O) groups excluding carboxylic acids is 1. The molecule has 0 atom stereocenters. The first kappa shape index (κ1) is 19.1. The van der Waals surface area contributed by atoms with Gasteiger partial charge in [0.15, 0.2) is 0 Å². The van der Waals surface area contributed by atoms with Gasteiger partial charge in [0.05, 0.1) is 0 Å². The normalized spacial score (nSPS) is 11.4. The van der Waals surface area contributed by atoms with Crippen molar-refractivity contribution in [3.05, 3.63) is 64.1 Å². The molecule has 0 unspecified atom stereocenters. The molecule has 0 saturated heterocycles. The van der Waals surface area contributed by atoms with E-state index in [-0.39, 0.29) is 5.69 Å². The fourth-order valence-electron chi connectivity index (χ4n) is 2.22. The molecule has 0 radical (unpaired) electrons. The second kappa shape index (κ2) is 8.24. The molecule has 1 aromatic carbocycles. The van der Waals surface area contributed by atoms with E-state index in [1.807, 2.05) is 13.0 Å². The van der Waals surface area contributed by atoms with Gasteiger partial charge in [0, 0.05) is 17.5 Å². The lowest BCUT2D eigenvalue weighted by Gasteiger charge is -2.12. The Kier molecular flexibility index (Phi) is 6.30. The van der Waals surface area contributed by atoms with Crippen LogP contribution in [0.1, 0.15) is 22.8 Å². The number of alkyl halides is 3. The highest BCUT2D eigenvalue weighted by Gasteiger charge is 2.28. The Morgan fingerprint density at radius 2 is 1.92 bits per heavy atom. The van der Waals surface area contributed by atoms with Crippen molar-refractivity contribution in [2.24, 2.45) is 0 Å². The van der Waals surface area contributed by atoms with Crippen LogP contribution in [0.25, 0.3) is 0 Å². The predicted molar refractivity (Wildman–Crippen MR) is 93.0 cm³/mol. The molecule has 25 heavy (non-hydrogen) atoms. The number of nitrogens with zero attached hydrogens (tertiary/aromatic N) is 1. The van der Waals surface area contributed by atoms with Crippen molar-refractivity contribution in [2.75, 3.05) is 11.1 Å². The third-order valence-electron chi connectivity index (χ3n) is 3.34. The number of rotatable bonds is 6. The zero-order valence-corrected chi connectivity index (χ0v) is 14.3. The molecule has 134 valence electrons. The Bertz CT molecular complexity index is 803. The number of aromatic nitrogens is 1. The summed E-state index contributed by atoms with van der Waals surface area (Å²) in [6.45, 7) is 0.597. The van der Waals surface area contributed by atoms with Gasteiger partial charge in [0.25, 0.3) is 11.5 Å². The highest BCUT2D eigenvalue weighted by Crippen LogP contribution is 2.18. The largest absolute Gasteiger partial charge is 0.406 e. The zero-order chi connectivity index (χ0) is 18.4. The molecule has 0 aliphatic heterocycles. The van der Waals surface area contributed by atoms with Gasteiger partial charge in [-0.3, -0.25) is 9.59 Å². The number of pyridine rings is 1. The summed E-state index contributed by atoms with van der Waals surface area (Å²) in [6, 6.07) is 9.52. The molecule has 1 aromatic heterocycles. The molecule has 1 N–H and O–H groups in total. The van der Waals surface area contributed by atoms with E-state index in [1.54, 1.807) is 30.0 Å². The first-order valence-corrected chi connectivity index (χ1v) is 8.70. The number of carbonyl (C=O) groups is 1. The SMILES string of the molecule is CCSCc1ccccc1C(=O)Nc1cccn(CC(F)(F)F)c1=O. The van der Waals surface area contributed by atoms with Gasteiger partial charge in [0.1, 0.15) is 12.2 Å². The highest BCUT2D eigenvalue weighted by atomic mass is 32.2. The van der Waals surface area contributed by atoms with Crippen LogP contribution in [-0.4, -0.2) is 22.4 Å². The summed E-state index contributed by atoms with van der Waals surface area (Å²) < 4.78 is 38.0. The first-order chi connectivity index (χ1) is 11.8. The molecule has 0 fully saturated rings. The minimum absolute atomic E-state index is 0.185. The Morgan fingerprint density at radius 1 is 1.20 bits per heavy atom. The molecule has 0 saturated carbocycles. The smallest absolute Gasteiger partial charge is 0.317 e. The average Bonchev–Trinajstić information content (AvgIpc) is 2.55. The third-order valence-corrected chi connectivity index (χ3v) is 4.27. The molecular weight excluding hydrogens is 353 g/mol. The first-order valence-electron chi connectivity index (χ1n) is 7.55. The Hall–Kier alpha value is -2.22. The van der Waals surface area contributed by atoms with Crippen LogP contribution >= 0.6 is 11.8 Å². The maximum absolute atomic E-state index is 12.5. The number of benzene rings is 1. The maximum Gasteiger partial charge on any atom is 0.406 e. The number of hydrogen-bond acceptors (Lipinski definition) is 3. The number of anilines is 1. The van der Waals surface area contributed by atoms with Gasteiger partial charge in [-0.1, -0.05) is 25.1 Å². The molecule has 1 amide bonds. The number of halogens is 3. The van der Waals surface area contributed by atoms with E-state index >= 15 is 0 Å². The second-order valence-corrected chi connectivity index (χ2v) is 6.49. The van der Waals surface area contributed by atoms with Crippen LogP contribution in [0.2, 0.25) is 0 Å². The molecule has 8 heteroatoms. The van der Waals surface area contributed by atoms with Crippen LogP contribution in [-0.2, 0) is 12.3 Å². The summed E-state index contributed by atoms with van der Waals surface area (Å²) in [6.07, 6.45) is -3.48. The van der Waals surface area contributed by atoms with E-state index in [0.717, 1.165) is 17.5 Å². The van der Waals surface area contributed by atoms with E-state index < -0.39 is 24.2 Å². The third kappa shape index (κ3) is 5.38. The summed E-state index contributed by atoms with van der Waals surface area (Å²) in [7, 11) is 0. The maximum atomic E-state index is 12.5. The second-order valence-electron chi connectivity index (χ2n) is 5.22. The van der Waals surface area contributed by atoms with Gasteiger partial charge < -0.3 is 9.88 Å². The summed E-state index contributed by atoms with van der Waals surface area (Å²) in [5.74, 6) is 0.999. The molecular formula is C17H17F3N2O2S. The number of hydrogen-bond donors (Lipinski definition) is 1. The number of amides is 1. The van der Waals surface area contributed by atoms with E-state index in [2.05, 4.69) is 5.32 Å². The van der Waals surface area contributed by atoms with Gasteiger partial charge in [-0.15, -0.1) is 0 Å². The zero-order valence-electron chi connectivity index (χ0n) is 13.5. The van der Waals surface area contributed by atoms with Crippen molar-refractivity contribution in [3.63, 3.8) is 0 Å². The lowest BCUT2D eigenvalue weighted by Crippen LogP contribution is -2.30. The number of thioether (sulfide) groups is 1. The Labute approximate surface area is 147 Å². The van der Waals surface area contributed by atoms with Crippen LogP contribution in [0.3, 0.4) is 0 Å². The van der Waals surface area contributed by atoms with Crippen LogP contribution in [0, 0.1) is 0 Å². The lowest BCUT2D eigenvalue weighted by atomic mass is 10.1. The molecule has 0 aliphatic rings. The van der Waals surface area contributed by atoms with E-state index in [4.69, 9.17) is 0 Å². The molecule has 1 heterocycles. The molecule has 0 aliphatic carbocycles. The van der Waals surface area contributed by atoms with Gasteiger partial charge in [0.2, 0.25) is 0 Å². The van der Waals surface area contributed by atoms with Gasteiger partial charge >= 0.3 is 6.18 Å². The van der Waals surface area contributed by atoms with Crippen molar-refractivity contribution in [1.29, 1.82) is 0 Å². The minimum atomic E-state index is -4.52. The predicted octanol–water partition coefficient (Wildman–Crippen LogP) is 3.92. The lowest BCUT2D eigenvalue weighted by molar-refractivity contribution is -0.141. The van der Waals surface area contributed by atoms with Crippen molar-refractivity contribution in [1.82, 2.24) is 4.57 Å². The van der Waals surface area contributed by atoms with Gasteiger partial charge in [-0.25, -0.2) is 0 Å². The van der Waals surface area contributed by atoms with E-state index in [0.29, 0.717) is 15.9 Å². The fourth-order valence-corrected chi connectivity index (χ4v) is 2.89. The average molecular weight is 370 g/mol. The molecule has 2 rings (SSSR count). The summed E-state index contributed by atoms with van der Waals surface area (Å²) in [5.41, 5.74) is 0.121. The van der Waals surface area contributed by atoms with Crippen molar-refractivity contribution < 1.29 is 18.0 Å². The van der Waals surface area contributed by atoms with Crippen molar-refractivity contribution in [2.45, 2.75) is 25.4 Å². The van der Waals surface area contributed by atoms with Gasteiger partial charge in [-0.05, 0) is 29.5 Å². The Balaban J connectivity index is 2.25. The minimum Gasteiger partial charge on any atom is -0.317 e. The molecule has 0 spiro atoms. The molecule has 0 bridgehead atoms. The molecule has 2 aromatic rings. The highest BCUT2D eigenvalue weighted by molar-refractivity contribution is 7.98. The van der Waals surface area contributed by atoms with Crippen LogP contribution in [0.4, 0.5) is 18.9 Å². The van der Waals surface area contributed by atoms with Crippen LogP contribution in [0.15, 0.2) is 47.4 Å². The van der Waals surface area contributed by atoms with Crippen LogP contribution in [0.5, 0.6) is 0 Å². The van der Waals surface area contributed by atoms with Crippen LogP contribution < -0.4 is 10.9 Å². The van der Waals surface area contributed by atoms with Crippen molar-refractivity contribution in [3.8, 4) is 0 Å². The molecule has 4 nitrogen and oxygen atoms in total. The van der Waals surface area contributed by atoms with E-state index in [1.165, 1.54) is 12.1 Å². The Morgan fingerprint density at radius 3 is 2.60 bits per heavy atom. The topological polar surface area (TPSA) is 51.1 Å². The van der Waals surface area contributed by atoms with E-state index in [9.17, 15) is 22.8 Å². The summed E-state index contributed by atoms with van der Waals surface area (Å²) in [5, 5.41) is 2.42. The standard InChI is InChI=1S/C17H17F3N2O2S/c1-2-25-10-12-6-3-4-7-13(12)15(23)21-14-8-5-9-22(16(14)24)11-17(18,19)20/h3-9H,2,10-11H2,1H3,(H,21,23).